The number of hydrogen-bond acceptors (Lipinski definition) is 4. The van der Waals surface area contributed by atoms with Crippen molar-refractivity contribution in [1.82, 2.24) is 14.7 Å². The minimum atomic E-state index is -0.972. The summed E-state index contributed by atoms with van der Waals surface area (Å²) in [7, 11) is 0. The van der Waals surface area contributed by atoms with E-state index in [1.165, 1.54) is 9.58 Å². The molecule has 0 bridgehead atoms. The first kappa shape index (κ1) is 21.1. The van der Waals surface area contributed by atoms with Crippen LogP contribution >= 0.6 is 23.2 Å². The maximum absolute atomic E-state index is 13.4. The lowest BCUT2D eigenvalue weighted by atomic mass is 10.2. The van der Waals surface area contributed by atoms with Gasteiger partial charge in [-0.15, -0.1) is 0 Å². The van der Waals surface area contributed by atoms with E-state index < -0.39 is 12.1 Å². The number of rotatable bonds is 5. The molecular formula is C21H18Cl2FN5O2. The van der Waals surface area contributed by atoms with Crippen molar-refractivity contribution in [2.45, 2.75) is 12.6 Å². The van der Waals surface area contributed by atoms with Gasteiger partial charge in [-0.25, -0.2) is 9.07 Å². The second-order valence-corrected chi connectivity index (χ2v) is 7.92. The average molecular weight is 462 g/mol. The summed E-state index contributed by atoms with van der Waals surface area (Å²) in [6.45, 7) is 0.524. The summed E-state index contributed by atoms with van der Waals surface area (Å²) in [6, 6.07) is 11.6. The van der Waals surface area contributed by atoms with Crippen LogP contribution in [0.2, 0.25) is 10.0 Å². The number of aromatic nitrogens is 2. The van der Waals surface area contributed by atoms with Crippen LogP contribution in [-0.2, 0) is 0 Å². The largest absolute Gasteiger partial charge is 0.364 e. The summed E-state index contributed by atoms with van der Waals surface area (Å²) >= 11 is 12.5. The molecule has 0 spiro atoms. The van der Waals surface area contributed by atoms with Crippen LogP contribution in [0.4, 0.5) is 15.8 Å². The van der Waals surface area contributed by atoms with Gasteiger partial charge in [0.25, 0.3) is 11.8 Å². The molecular weight excluding hydrogens is 444 g/mol. The number of nitrogens with zero attached hydrogens (tertiary/aromatic N) is 3. The van der Waals surface area contributed by atoms with Crippen molar-refractivity contribution in [3.05, 3.63) is 70.0 Å². The Morgan fingerprint density at radius 1 is 1.13 bits per heavy atom. The minimum Gasteiger partial charge on any atom is -0.364 e. The van der Waals surface area contributed by atoms with Gasteiger partial charge < -0.3 is 16.0 Å². The lowest BCUT2D eigenvalue weighted by Crippen LogP contribution is -2.28. The van der Waals surface area contributed by atoms with Crippen molar-refractivity contribution >= 4 is 46.4 Å². The zero-order valence-electron chi connectivity index (χ0n) is 16.2. The zero-order chi connectivity index (χ0) is 22.1. The molecule has 0 aliphatic carbocycles. The molecule has 3 N–H and O–H groups in total. The van der Waals surface area contributed by atoms with Crippen LogP contribution in [-0.4, -0.2) is 45.8 Å². The van der Waals surface area contributed by atoms with Crippen molar-refractivity contribution in [1.29, 1.82) is 0 Å². The number of benzene rings is 2. The molecule has 1 aliphatic heterocycles. The third-order valence-corrected chi connectivity index (χ3v) is 5.55. The fourth-order valence-corrected chi connectivity index (χ4v) is 3.98. The number of para-hydroxylation sites is 1. The van der Waals surface area contributed by atoms with E-state index >= 15 is 0 Å². The topological polar surface area (TPSA) is 93.2 Å². The summed E-state index contributed by atoms with van der Waals surface area (Å²) in [5.74, 6) is -0.947. The third-order valence-electron chi connectivity index (χ3n) is 4.94. The number of alkyl halides is 1. The summed E-state index contributed by atoms with van der Waals surface area (Å²) in [4.78, 5) is 25.9. The molecule has 0 saturated carbocycles. The number of nitrogens with one attached hydrogen (secondary N) is 1. The molecule has 2 aromatic carbocycles. The molecule has 1 unspecified atom stereocenters. The summed E-state index contributed by atoms with van der Waals surface area (Å²) in [5, 5.41) is 8.01. The van der Waals surface area contributed by atoms with E-state index in [0.29, 0.717) is 45.6 Å². The van der Waals surface area contributed by atoms with Crippen LogP contribution in [0, 0.1) is 0 Å². The van der Waals surface area contributed by atoms with Gasteiger partial charge in [0.1, 0.15) is 11.9 Å². The second-order valence-electron chi connectivity index (χ2n) is 7.11. The Hall–Kier alpha value is -3.10. The van der Waals surface area contributed by atoms with Gasteiger partial charge in [-0.2, -0.15) is 5.10 Å². The first-order valence-electron chi connectivity index (χ1n) is 9.48. The monoisotopic (exact) mass is 461 g/mol. The van der Waals surface area contributed by atoms with Gasteiger partial charge >= 0.3 is 0 Å². The van der Waals surface area contributed by atoms with Crippen molar-refractivity contribution < 1.29 is 14.0 Å². The summed E-state index contributed by atoms with van der Waals surface area (Å²) < 4.78 is 14.7. The molecule has 31 heavy (non-hydrogen) atoms. The molecule has 7 nitrogen and oxygen atoms in total. The Morgan fingerprint density at radius 2 is 1.81 bits per heavy atom. The molecule has 1 atom stereocenters. The van der Waals surface area contributed by atoms with Gasteiger partial charge in [0.15, 0.2) is 5.69 Å². The Morgan fingerprint density at radius 3 is 2.39 bits per heavy atom. The lowest BCUT2D eigenvalue weighted by Gasteiger charge is -2.15. The molecule has 3 aromatic rings. The fraction of sp³-hybridized carbons (Fsp3) is 0.190. The fourth-order valence-electron chi connectivity index (χ4n) is 3.41. The first-order chi connectivity index (χ1) is 14.8. The normalized spacial score (nSPS) is 15.8. The Bertz CT molecular complexity index is 1130. The van der Waals surface area contributed by atoms with Crippen molar-refractivity contribution in [3.63, 3.8) is 0 Å². The molecule has 2 amide bonds. The van der Waals surface area contributed by atoms with Crippen LogP contribution in [0.5, 0.6) is 0 Å². The molecule has 0 radical (unpaired) electrons. The minimum absolute atomic E-state index is 0.00203. The maximum Gasteiger partial charge on any atom is 0.271 e. The van der Waals surface area contributed by atoms with Crippen LogP contribution < -0.4 is 11.1 Å². The maximum atomic E-state index is 13.4. The highest BCUT2D eigenvalue weighted by molar-refractivity contribution is 6.37. The Kier molecular flexibility index (Phi) is 5.84. The number of primary amides is 1. The van der Waals surface area contributed by atoms with E-state index in [0.717, 1.165) is 0 Å². The van der Waals surface area contributed by atoms with Gasteiger partial charge in [0.2, 0.25) is 0 Å². The van der Waals surface area contributed by atoms with E-state index in [9.17, 15) is 14.0 Å². The van der Waals surface area contributed by atoms with E-state index in [1.807, 2.05) is 0 Å². The zero-order valence-corrected chi connectivity index (χ0v) is 17.7. The summed E-state index contributed by atoms with van der Waals surface area (Å²) in [6.07, 6.45) is 0.943. The number of likely N-dealkylation sites (tertiary alicyclic amines) is 1. The second kappa shape index (κ2) is 8.56. The van der Waals surface area contributed by atoms with Crippen LogP contribution in [0.15, 0.2) is 48.7 Å². The molecule has 10 heteroatoms. The number of hydrogen-bond donors (Lipinski definition) is 2. The highest BCUT2D eigenvalue weighted by Crippen LogP contribution is 2.30. The molecule has 2 heterocycles. The molecule has 1 aliphatic rings. The quantitative estimate of drug-likeness (QED) is 0.594. The number of carbonyl (C=O) groups is 2. The van der Waals surface area contributed by atoms with Gasteiger partial charge in [-0.05, 0) is 42.8 Å². The standard InChI is InChI=1S/C21H18Cl2FN5O2/c22-15-2-1-3-16(23)19(15)29-11-17(18(27-29)20(25)30)26-14-6-4-12(5-7-14)21(31)28-9-8-13(24)10-28/h1-7,11,13,26H,8-10H2,(H2,25,30). The van der Waals surface area contributed by atoms with Crippen molar-refractivity contribution in [3.8, 4) is 5.69 Å². The third kappa shape index (κ3) is 4.35. The van der Waals surface area contributed by atoms with E-state index in [2.05, 4.69) is 10.4 Å². The van der Waals surface area contributed by atoms with E-state index in [-0.39, 0.29) is 18.1 Å². The van der Waals surface area contributed by atoms with Crippen LogP contribution in [0.25, 0.3) is 5.69 Å². The Labute approximate surface area is 187 Å². The molecule has 1 aromatic heterocycles. The number of nitrogens with two attached hydrogens (primary N) is 1. The van der Waals surface area contributed by atoms with Crippen molar-refractivity contribution in [2.75, 3.05) is 18.4 Å². The van der Waals surface area contributed by atoms with E-state index in [1.54, 1.807) is 48.7 Å². The average Bonchev–Trinajstić information content (AvgIpc) is 3.34. The first-order valence-corrected chi connectivity index (χ1v) is 10.2. The van der Waals surface area contributed by atoms with Crippen LogP contribution in [0.3, 0.4) is 0 Å². The number of carbonyl (C=O) groups excluding carboxylic acids is 2. The summed E-state index contributed by atoms with van der Waals surface area (Å²) in [5.41, 5.74) is 7.30. The SMILES string of the molecule is NC(=O)c1nn(-c2c(Cl)cccc2Cl)cc1Nc1ccc(C(=O)N2CCC(F)C2)cc1. The van der Waals surface area contributed by atoms with Gasteiger partial charge in [0.05, 0.1) is 28.5 Å². The van der Waals surface area contributed by atoms with Crippen molar-refractivity contribution in [2.24, 2.45) is 5.73 Å². The Balaban J connectivity index is 1.58. The predicted molar refractivity (Wildman–Crippen MR) is 117 cm³/mol. The van der Waals surface area contributed by atoms with Gasteiger partial charge in [0, 0.05) is 17.8 Å². The molecule has 160 valence electrons. The lowest BCUT2D eigenvalue weighted by molar-refractivity contribution is 0.0782. The van der Waals surface area contributed by atoms with E-state index in [4.69, 9.17) is 28.9 Å². The van der Waals surface area contributed by atoms with Gasteiger partial charge in [-0.3, -0.25) is 9.59 Å². The number of halogens is 3. The number of anilines is 2. The van der Waals surface area contributed by atoms with Gasteiger partial charge in [-0.1, -0.05) is 29.3 Å². The molecule has 4 rings (SSSR count). The van der Waals surface area contributed by atoms with Crippen LogP contribution in [0.1, 0.15) is 27.3 Å². The smallest absolute Gasteiger partial charge is 0.271 e. The number of amides is 2. The molecule has 1 fully saturated rings. The predicted octanol–water partition coefficient (Wildman–Crippen LogP) is 4.21. The molecule has 1 saturated heterocycles. The highest BCUT2D eigenvalue weighted by atomic mass is 35.5. The highest BCUT2D eigenvalue weighted by Gasteiger charge is 2.26.